The second-order valence-corrected chi connectivity index (χ2v) is 6.93. The summed E-state index contributed by atoms with van der Waals surface area (Å²) in [6.07, 6.45) is 1.47. The first-order valence-corrected chi connectivity index (χ1v) is 8.06. The summed E-state index contributed by atoms with van der Waals surface area (Å²) in [5.74, 6) is 0. The van der Waals surface area contributed by atoms with E-state index in [1.807, 2.05) is 6.92 Å². The highest BCUT2D eigenvalue weighted by atomic mass is 35.5. The number of aryl methyl sites for hydroxylation is 1. The zero-order valence-electron chi connectivity index (χ0n) is 11.7. The largest absolute Gasteiger partial charge is 0.278 e. The molecule has 0 heterocycles. The first-order valence-electron chi connectivity index (χ1n) is 6.25. The quantitative estimate of drug-likeness (QED) is 0.640. The third-order valence-electron chi connectivity index (χ3n) is 2.91. The first kappa shape index (κ1) is 15.5. The molecule has 0 aliphatic heterocycles. The minimum absolute atomic E-state index is 0.212. The molecule has 0 aliphatic rings. The Morgan fingerprint density at radius 2 is 1.62 bits per heavy atom. The molecule has 0 unspecified atom stereocenters. The van der Waals surface area contributed by atoms with Gasteiger partial charge in [-0.2, -0.15) is 17.9 Å². The Bertz CT molecular complexity index is 738. The molecule has 110 valence electrons. The summed E-state index contributed by atoms with van der Waals surface area (Å²) in [6, 6.07) is 13.6. The van der Waals surface area contributed by atoms with Crippen LogP contribution < -0.4 is 0 Å². The van der Waals surface area contributed by atoms with E-state index >= 15 is 0 Å². The molecule has 0 aromatic heterocycles. The second-order valence-electron chi connectivity index (χ2n) is 4.55. The maximum atomic E-state index is 12.3. The van der Waals surface area contributed by atoms with Gasteiger partial charge in [-0.3, -0.25) is 0 Å². The molecule has 0 spiro atoms. The van der Waals surface area contributed by atoms with Crippen molar-refractivity contribution in [2.45, 2.75) is 11.8 Å². The first-order chi connectivity index (χ1) is 9.89. The van der Waals surface area contributed by atoms with Crippen molar-refractivity contribution in [3.63, 3.8) is 0 Å². The highest BCUT2D eigenvalue weighted by Crippen LogP contribution is 2.15. The SMILES string of the molecule is Cc1ccc(S(=O)(=O)N(C)N=Cc2ccc(Cl)cc2)cc1. The van der Waals surface area contributed by atoms with E-state index in [4.69, 9.17) is 11.6 Å². The lowest BCUT2D eigenvalue weighted by Gasteiger charge is -2.13. The lowest BCUT2D eigenvalue weighted by atomic mass is 10.2. The van der Waals surface area contributed by atoms with Crippen molar-refractivity contribution in [2.75, 3.05) is 7.05 Å². The van der Waals surface area contributed by atoms with Gasteiger partial charge in [0.25, 0.3) is 10.0 Å². The van der Waals surface area contributed by atoms with Crippen LogP contribution in [0.3, 0.4) is 0 Å². The Kier molecular flexibility index (Phi) is 4.65. The molecule has 0 N–H and O–H groups in total. The van der Waals surface area contributed by atoms with Crippen molar-refractivity contribution in [3.05, 3.63) is 64.7 Å². The van der Waals surface area contributed by atoms with Crippen molar-refractivity contribution >= 4 is 27.8 Å². The topological polar surface area (TPSA) is 49.7 Å². The van der Waals surface area contributed by atoms with Gasteiger partial charge in [0.15, 0.2) is 0 Å². The molecule has 4 nitrogen and oxygen atoms in total. The Morgan fingerprint density at radius 3 is 2.19 bits per heavy atom. The summed E-state index contributed by atoms with van der Waals surface area (Å²) in [7, 11) is -2.22. The highest BCUT2D eigenvalue weighted by Gasteiger charge is 2.18. The van der Waals surface area contributed by atoms with E-state index in [0.717, 1.165) is 15.5 Å². The maximum absolute atomic E-state index is 12.3. The van der Waals surface area contributed by atoms with E-state index < -0.39 is 10.0 Å². The van der Waals surface area contributed by atoms with Crippen LogP contribution in [0.4, 0.5) is 0 Å². The molecular weight excluding hydrogens is 308 g/mol. The van der Waals surface area contributed by atoms with Crippen LogP contribution in [0.15, 0.2) is 58.5 Å². The molecule has 0 aliphatic carbocycles. The van der Waals surface area contributed by atoms with Crippen molar-refractivity contribution in [2.24, 2.45) is 5.10 Å². The Morgan fingerprint density at radius 1 is 1.05 bits per heavy atom. The fraction of sp³-hybridized carbons (Fsp3) is 0.133. The van der Waals surface area contributed by atoms with Gasteiger partial charge < -0.3 is 0 Å². The van der Waals surface area contributed by atoms with E-state index in [2.05, 4.69) is 5.10 Å². The lowest BCUT2D eigenvalue weighted by molar-refractivity contribution is 0.491. The van der Waals surface area contributed by atoms with Gasteiger partial charge in [-0.05, 0) is 36.8 Å². The molecule has 0 atom stereocenters. The predicted octanol–water partition coefficient (Wildman–Crippen LogP) is 3.30. The van der Waals surface area contributed by atoms with Crippen molar-refractivity contribution in [1.82, 2.24) is 4.41 Å². The molecule has 0 saturated carbocycles. The standard InChI is InChI=1S/C15H15ClN2O2S/c1-12-3-9-15(10-4-12)21(19,20)18(2)17-11-13-5-7-14(16)8-6-13/h3-11H,1-2H3. The van der Waals surface area contributed by atoms with E-state index in [0.29, 0.717) is 5.02 Å². The Balaban J connectivity index is 2.20. The normalized spacial score (nSPS) is 11.8. The van der Waals surface area contributed by atoms with Gasteiger partial charge in [0.05, 0.1) is 11.1 Å². The van der Waals surface area contributed by atoms with E-state index in [1.54, 1.807) is 48.5 Å². The minimum atomic E-state index is -3.62. The van der Waals surface area contributed by atoms with Crippen LogP contribution in [0.5, 0.6) is 0 Å². The van der Waals surface area contributed by atoms with Gasteiger partial charge in [-0.25, -0.2) is 0 Å². The van der Waals surface area contributed by atoms with Gasteiger partial charge in [0.2, 0.25) is 0 Å². The number of hydrogen-bond donors (Lipinski definition) is 0. The molecule has 0 saturated heterocycles. The molecule has 0 bridgehead atoms. The van der Waals surface area contributed by atoms with Gasteiger partial charge >= 0.3 is 0 Å². The molecule has 2 rings (SSSR count). The van der Waals surface area contributed by atoms with Crippen LogP contribution in [-0.4, -0.2) is 26.1 Å². The van der Waals surface area contributed by atoms with Gasteiger partial charge in [0, 0.05) is 12.1 Å². The Hall–Kier alpha value is -1.85. The summed E-state index contributed by atoms with van der Waals surface area (Å²) in [5.41, 5.74) is 1.77. The van der Waals surface area contributed by atoms with Crippen LogP contribution in [0.2, 0.25) is 5.02 Å². The number of halogens is 1. The van der Waals surface area contributed by atoms with Crippen LogP contribution in [0.25, 0.3) is 0 Å². The third kappa shape index (κ3) is 3.83. The zero-order valence-corrected chi connectivity index (χ0v) is 13.3. The third-order valence-corrected chi connectivity index (χ3v) is 4.82. The maximum Gasteiger partial charge on any atom is 0.278 e. The molecular formula is C15H15ClN2O2S. The summed E-state index contributed by atoms with van der Waals surface area (Å²) < 4.78 is 25.6. The summed E-state index contributed by atoms with van der Waals surface area (Å²) in [6.45, 7) is 1.90. The van der Waals surface area contributed by atoms with Crippen molar-refractivity contribution < 1.29 is 8.42 Å². The summed E-state index contributed by atoms with van der Waals surface area (Å²) >= 11 is 5.79. The monoisotopic (exact) mass is 322 g/mol. The van der Waals surface area contributed by atoms with Crippen LogP contribution in [0, 0.1) is 6.92 Å². The van der Waals surface area contributed by atoms with Crippen molar-refractivity contribution in [3.8, 4) is 0 Å². The molecule has 6 heteroatoms. The predicted molar refractivity (Wildman–Crippen MR) is 85.2 cm³/mol. The number of rotatable bonds is 4. The number of hydrogen-bond acceptors (Lipinski definition) is 3. The number of benzene rings is 2. The summed E-state index contributed by atoms with van der Waals surface area (Å²) in [4.78, 5) is 0.212. The molecule has 0 radical (unpaired) electrons. The number of nitrogens with zero attached hydrogens (tertiary/aromatic N) is 2. The second kappa shape index (κ2) is 6.28. The average molecular weight is 323 g/mol. The molecule has 0 amide bonds. The fourth-order valence-corrected chi connectivity index (χ4v) is 2.70. The number of sulfonamides is 1. The Labute approximate surface area is 129 Å². The van der Waals surface area contributed by atoms with Gasteiger partial charge in [0.1, 0.15) is 0 Å². The smallest absolute Gasteiger partial charge is 0.200 e. The lowest BCUT2D eigenvalue weighted by Crippen LogP contribution is -2.21. The molecule has 2 aromatic rings. The van der Waals surface area contributed by atoms with Crippen molar-refractivity contribution in [1.29, 1.82) is 0 Å². The molecule has 0 fully saturated rings. The molecule has 21 heavy (non-hydrogen) atoms. The van der Waals surface area contributed by atoms with Gasteiger partial charge in [-0.15, -0.1) is 0 Å². The van der Waals surface area contributed by atoms with E-state index in [9.17, 15) is 8.42 Å². The average Bonchev–Trinajstić information content (AvgIpc) is 2.46. The fourth-order valence-electron chi connectivity index (χ4n) is 1.62. The van der Waals surface area contributed by atoms with Gasteiger partial charge in [-0.1, -0.05) is 41.4 Å². The van der Waals surface area contributed by atoms with Crippen LogP contribution >= 0.6 is 11.6 Å². The van der Waals surface area contributed by atoms with Crippen LogP contribution in [0.1, 0.15) is 11.1 Å². The van der Waals surface area contributed by atoms with Crippen LogP contribution in [-0.2, 0) is 10.0 Å². The zero-order chi connectivity index (χ0) is 15.5. The summed E-state index contributed by atoms with van der Waals surface area (Å²) in [5, 5.41) is 4.59. The highest BCUT2D eigenvalue weighted by molar-refractivity contribution is 7.89. The molecule has 2 aromatic carbocycles. The van der Waals surface area contributed by atoms with E-state index in [-0.39, 0.29) is 4.90 Å². The minimum Gasteiger partial charge on any atom is -0.200 e. The number of hydrazone groups is 1. The van der Waals surface area contributed by atoms with E-state index in [1.165, 1.54) is 13.3 Å².